The van der Waals surface area contributed by atoms with E-state index in [9.17, 15) is 4.79 Å². The Labute approximate surface area is 142 Å². The Kier molecular flexibility index (Phi) is 7.01. The SMILES string of the molecule is Cc1ccc(CNC(=O)CSCCOc2cccc(C)c2)cc1. The van der Waals surface area contributed by atoms with Crippen molar-refractivity contribution in [3.63, 3.8) is 0 Å². The number of carbonyl (C=O) groups is 1. The molecule has 0 aliphatic carbocycles. The molecular weight excluding hydrogens is 306 g/mol. The molecule has 0 atom stereocenters. The normalized spacial score (nSPS) is 10.3. The number of ether oxygens (including phenoxy) is 1. The highest BCUT2D eigenvalue weighted by Gasteiger charge is 2.02. The molecule has 0 fully saturated rings. The Hall–Kier alpha value is -1.94. The van der Waals surface area contributed by atoms with Gasteiger partial charge in [-0.15, -0.1) is 11.8 Å². The van der Waals surface area contributed by atoms with Crippen LogP contribution in [0.1, 0.15) is 16.7 Å². The molecule has 2 rings (SSSR count). The van der Waals surface area contributed by atoms with Crippen LogP contribution in [0.2, 0.25) is 0 Å². The average Bonchev–Trinajstić information content (AvgIpc) is 2.54. The van der Waals surface area contributed by atoms with Gasteiger partial charge in [-0.25, -0.2) is 0 Å². The van der Waals surface area contributed by atoms with E-state index in [1.807, 2.05) is 43.3 Å². The summed E-state index contributed by atoms with van der Waals surface area (Å²) in [5.74, 6) is 2.20. The number of nitrogens with one attached hydrogen (secondary N) is 1. The van der Waals surface area contributed by atoms with Crippen molar-refractivity contribution >= 4 is 17.7 Å². The fraction of sp³-hybridized carbons (Fsp3) is 0.316. The summed E-state index contributed by atoms with van der Waals surface area (Å²) in [6, 6.07) is 16.2. The molecule has 0 unspecified atom stereocenters. The number of carbonyl (C=O) groups excluding carboxylic acids is 1. The zero-order chi connectivity index (χ0) is 16.5. The van der Waals surface area contributed by atoms with E-state index < -0.39 is 0 Å². The summed E-state index contributed by atoms with van der Waals surface area (Å²) in [5.41, 5.74) is 3.53. The monoisotopic (exact) mass is 329 g/mol. The lowest BCUT2D eigenvalue weighted by Crippen LogP contribution is -2.24. The van der Waals surface area contributed by atoms with Crippen LogP contribution < -0.4 is 10.1 Å². The first-order valence-corrected chi connectivity index (χ1v) is 8.88. The van der Waals surface area contributed by atoms with Gasteiger partial charge in [0.15, 0.2) is 0 Å². The second kappa shape index (κ2) is 9.26. The van der Waals surface area contributed by atoms with Crippen LogP contribution in [0.3, 0.4) is 0 Å². The van der Waals surface area contributed by atoms with E-state index in [4.69, 9.17) is 4.74 Å². The van der Waals surface area contributed by atoms with Crippen LogP contribution in [0, 0.1) is 13.8 Å². The highest BCUT2D eigenvalue weighted by atomic mass is 32.2. The molecule has 0 heterocycles. The molecule has 0 radical (unpaired) electrons. The first-order valence-electron chi connectivity index (χ1n) is 7.73. The van der Waals surface area contributed by atoms with Crippen molar-refractivity contribution in [3.05, 3.63) is 65.2 Å². The quantitative estimate of drug-likeness (QED) is 0.750. The second-order valence-electron chi connectivity index (χ2n) is 5.48. The Morgan fingerprint density at radius 2 is 1.87 bits per heavy atom. The molecular formula is C19H23NO2S. The number of aryl methyl sites for hydroxylation is 2. The van der Waals surface area contributed by atoms with E-state index in [0.29, 0.717) is 18.9 Å². The Morgan fingerprint density at radius 3 is 2.61 bits per heavy atom. The van der Waals surface area contributed by atoms with Gasteiger partial charge in [-0.05, 0) is 37.1 Å². The maximum Gasteiger partial charge on any atom is 0.230 e. The summed E-state index contributed by atoms with van der Waals surface area (Å²) in [6.07, 6.45) is 0. The van der Waals surface area contributed by atoms with Gasteiger partial charge in [0.1, 0.15) is 5.75 Å². The number of hydrogen-bond acceptors (Lipinski definition) is 3. The van der Waals surface area contributed by atoms with Gasteiger partial charge in [0.05, 0.1) is 12.4 Å². The summed E-state index contributed by atoms with van der Waals surface area (Å²) in [4.78, 5) is 11.8. The van der Waals surface area contributed by atoms with Crippen LogP contribution >= 0.6 is 11.8 Å². The first kappa shape index (κ1) is 17.4. The average molecular weight is 329 g/mol. The minimum absolute atomic E-state index is 0.0612. The molecule has 0 spiro atoms. The third-order valence-electron chi connectivity index (χ3n) is 3.33. The van der Waals surface area contributed by atoms with Crippen LogP contribution in [0.15, 0.2) is 48.5 Å². The lowest BCUT2D eigenvalue weighted by molar-refractivity contribution is -0.118. The van der Waals surface area contributed by atoms with E-state index in [1.165, 1.54) is 11.1 Å². The maximum absolute atomic E-state index is 11.8. The molecule has 1 N–H and O–H groups in total. The molecule has 0 saturated heterocycles. The van der Waals surface area contributed by atoms with Crippen LogP contribution in [-0.4, -0.2) is 24.0 Å². The van der Waals surface area contributed by atoms with E-state index in [0.717, 1.165) is 17.1 Å². The maximum atomic E-state index is 11.8. The zero-order valence-electron chi connectivity index (χ0n) is 13.7. The van der Waals surface area contributed by atoms with Gasteiger partial charge in [0.25, 0.3) is 0 Å². The molecule has 4 heteroatoms. The van der Waals surface area contributed by atoms with Crippen LogP contribution in [0.5, 0.6) is 5.75 Å². The van der Waals surface area contributed by atoms with Gasteiger partial charge in [0, 0.05) is 12.3 Å². The summed E-state index contributed by atoms with van der Waals surface area (Å²) in [5, 5.41) is 2.93. The van der Waals surface area contributed by atoms with E-state index >= 15 is 0 Å². The minimum Gasteiger partial charge on any atom is -0.493 e. The summed E-state index contributed by atoms with van der Waals surface area (Å²) in [7, 11) is 0. The predicted octanol–water partition coefficient (Wildman–Crippen LogP) is 3.73. The van der Waals surface area contributed by atoms with Crippen LogP contribution in [0.25, 0.3) is 0 Å². The summed E-state index contributed by atoms with van der Waals surface area (Å²) >= 11 is 1.59. The topological polar surface area (TPSA) is 38.3 Å². The molecule has 3 nitrogen and oxygen atoms in total. The van der Waals surface area contributed by atoms with Crippen molar-refractivity contribution in [3.8, 4) is 5.75 Å². The zero-order valence-corrected chi connectivity index (χ0v) is 14.5. The lowest BCUT2D eigenvalue weighted by atomic mass is 10.1. The van der Waals surface area contributed by atoms with E-state index in [-0.39, 0.29) is 5.91 Å². The standard InChI is InChI=1S/C19H23NO2S/c1-15-6-8-17(9-7-15)13-20-19(21)14-23-11-10-22-18-5-3-4-16(2)12-18/h3-9,12H,10-11,13-14H2,1-2H3,(H,20,21). The fourth-order valence-electron chi connectivity index (χ4n) is 2.05. The van der Waals surface area contributed by atoms with Crippen molar-refractivity contribution in [2.24, 2.45) is 0 Å². The van der Waals surface area contributed by atoms with Gasteiger partial charge in [-0.2, -0.15) is 0 Å². The number of hydrogen-bond donors (Lipinski definition) is 1. The summed E-state index contributed by atoms with van der Waals surface area (Å²) < 4.78 is 5.66. The number of amides is 1. The fourth-order valence-corrected chi connectivity index (χ4v) is 2.68. The Morgan fingerprint density at radius 1 is 1.09 bits per heavy atom. The van der Waals surface area contributed by atoms with Crippen molar-refractivity contribution in [2.75, 3.05) is 18.1 Å². The smallest absolute Gasteiger partial charge is 0.230 e. The second-order valence-corrected chi connectivity index (χ2v) is 6.59. The van der Waals surface area contributed by atoms with Gasteiger partial charge < -0.3 is 10.1 Å². The molecule has 0 aliphatic rings. The Bertz CT molecular complexity index is 626. The molecule has 0 bridgehead atoms. The molecule has 0 aromatic heterocycles. The highest BCUT2D eigenvalue weighted by molar-refractivity contribution is 7.99. The van der Waals surface area contributed by atoms with E-state index in [1.54, 1.807) is 11.8 Å². The molecule has 23 heavy (non-hydrogen) atoms. The third-order valence-corrected chi connectivity index (χ3v) is 4.25. The van der Waals surface area contributed by atoms with Crippen molar-refractivity contribution in [1.29, 1.82) is 0 Å². The Balaban J connectivity index is 1.57. The van der Waals surface area contributed by atoms with Gasteiger partial charge >= 0.3 is 0 Å². The van der Waals surface area contributed by atoms with Gasteiger partial charge in [-0.1, -0.05) is 42.0 Å². The minimum atomic E-state index is 0.0612. The van der Waals surface area contributed by atoms with E-state index in [2.05, 4.69) is 24.4 Å². The number of benzene rings is 2. The molecule has 0 saturated carbocycles. The largest absolute Gasteiger partial charge is 0.493 e. The molecule has 122 valence electrons. The molecule has 0 aliphatic heterocycles. The van der Waals surface area contributed by atoms with Crippen molar-refractivity contribution < 1.29 is 9.53 Å². The highest BCUT2D eigenvalue weighted by Crippen LogP contribution is 2.12. The lowest BCUT2D eigenvalue weighted by Gasteiger charge is -2.07. The molecule has 2 aromatic carbocycles. The predicted molar refractivity (Wildman–Crippen MR) is 97.0 cm³/mol. The van der Waals surface area contributed by atoms with Gasteiger partial charge in [0.2, 0.25) is 5.91 Å². The third kappa shape index (κ3) is 6.78. The van der Waals surface area contributed by atoms with Crippen molar-refractivity contribution in [1.82, 2.24) is 5.32 Å². The number of thioether (sulfide) groups is 1. The van der Waals surface area contributed by atoms with Crippen molar-refractivity contribution in [2.45, 2.75) is 20.4 Å². The molecule has 1 amide bonds. The van der Waals surface area contributed by atoms with Crippen LogP contribution in [0.4, 0.5) is 0 Å². The number of rotatable bonds is 8. The first-order chi connectivity index (χ1) is 11.1. The molecule has 2 aromatic rings. The van der Waals surface area contributed by atoms with Crippen LogP contribution in [-0.2, 0) is 11.3 Å². The summed E-state index contributed by atoms with van der Waals surface area (Å²) in [6.45, 7) is 5.29. The van der Waals surface area contributed by atoms with Gasteiger partial charge in [-0.3, -0.25) is 4.79 Å².